The van der Waals surface area contributed by atoms with E-state index in [1.54, 1.807) is 20.2 Å². The number of nitrogens with two attached hydrogens (primary N) is 1. The third-order valence-corrected chi connectivity index (χ3v) is 10.8. The van der Waals surface area contributed by atoms with Gasteiger partial charge in [-0.05, 0) is 57.2 Å². The van der Waals surface area contributed by atoms with Gasteiger partial charge in [-0.3, -0.25) is 28.8 Å². The number of carbonyl (C=O) groups is 2. The first-order valence-corrected chi connectivity index (χ1v) is 18.6. The molecule has 1 aliphatic heterocycles. The molecule has 1 saturated heterocycles. The summed E-state index contributed by atoms with van der Waals surface area (Å²) in [5.41, 5.74) is 7.76. The Kier molecular flexibility index (Phi) is 12.4. The number of H-pyrrole nitrogens is 1. The summed E-state index contributed by atoms with van der Waals surface area (Å²) in [6, 6.07) is 17.0. The molecule has 3 atom stereocenters. The number of benzene rings is 2. The molecular formula is C34H45N8O6P. The van der Waals surface area contributed by atoms with E-state index in [1.165, 1.54) is 0 Å². The molecule has 0 amide bonds. The zero-order valence-corrected chi connectivity index (χ0v) is 28.8. The molecule has 262 valence electrons. The van der Waals surface area contributed by atoms with Crippen LogP contribution in [-0.4, -0.2) is 86.9 Å². The van der Waals surface area contributed by atoms with E-state index < -0.39 is 37.0 Å². The second-order valence-corrected chi connectivity index (χ2v) is 14.5. The third kappa shape index (κ3) is 9.63. The highest BCUT2D eigenvalue weighted by Gasteiger charge is 2.37. The summed E-state index contributed by atoms with van der Waals surface area (Å²) in [4.78, 5) is 52.2. The van der Waals surface area contributed by atoms with E-state index in [4.69, 9.17) is 15.2 Å². The number of anilines is 1. The molecule has 5 rings (SSSR count). The molecule has 2 aromatic carbocycles. The van der Waals surface area contributed by atoms with E-state index in [0.717, 1.165) is 30.5 Å². The Morgan fingerprint density at radius 3 is 2.10 bits per heavy atom. The summed E-state index contributed by atoms with van der Waals surface area (Å²) in [6.45, 7) is 5.42. The number of aromatic nitrogens is 4. The molecule has 0 unspecified atom stereocenters. The van der Waals surface area contributed by atoms with Crippen molar-refractivity contribution in [2.45, 2.75) is 64.2 Å². The van der Waals surface area contributed by atoms with Crippen molar-refractivity contribution in [3.8, 4) is 0 Å². The summed E-state index contributed by atoms with van der Waals surface area (Å²) in [7, 11) is -3.70. The third-order valence-electron chi connectivity index (χ3n) is 8.54. The first-order chi connectivity index (χ1) is 23.7. The number of nitrogen functional groups attached to an aromatic ring is 1. The minimum Gasteiger partial charge on any atom is -0.465 e. The number of rotatable bonds is 17. The molecule has 3 heterocycles. The first-order valence-electron chi connectivity index (χ1n) is 16.7. The maximum absolute atomic E-state index is 15.1. The van der Waals surface area contributed by atoms with E-state index in [2.05, 4.69) is 30.0 Å². The second-order valence-electron chi connectivity index (χ2n) is 12.1. The molecule has 0 bridgehead atoms. The van der Waals surface area contributed by atoms with Gasteiger partial charge in [-0.25, -0.2) is 15.2 Å². The molecule has 2 aromatic heterocycles. The van der Waals surface area contributed by atoms with Crippen LogP contribution in [0.4, 0.5) is 5.95 Å². The maximum Gasteiger partial charge on any atom is 0.323 e. The number of esters is 2. The number of likely N-dealkylation sites (tertiary alicyclic amines) is 1. The van der Waals surface area contributed by atoms with E-state index >= 15 is 4.57 Å². The van der Waals surface area contributed by atoms with Gasteiger partial charge in [-0.15, -0.1) is 0 Å². The normalized spacial score (nSPS) is 16.4. The van der Waals surface area contributed by atoms with Crippen LogP contribution in [0.2, 0.25) is 0 Å². The van der Waals surface area contributed by atoms with Gasteiger partial charge < -0.3 is 19.8 Å². The fourth-order valence-corrected chi connectivity index (χ4v) is 8.49. The Hall–Kier alpha value is -4.36. The van der Waals surface area contributed by atoms with Gasteiger partial charge in [-0.2, -0.15) is 4.98 Å². The zero-order chi connectivity index (χ0) is 34.8. The Morgan fingerprint density at radius 2 is 1.55 bits per heavy atom. The number of imidazole rings is 1. The molecule has 0 radical (unpaired) electrons. The summed E-state index contributed by atoms with van der Waals surface area (Å²) < 4.78 is 27.8. The lowest BCUT2D eigenvalue weighted by atomic mass is 10.1. The Morgan fingerprint density at radius 1 is 0.980 bits per heavy atom. The molecular weight excluding hydrogens is 647 g/mol. The second kappa shape index (κ2) is 16.8. The van der Waals surface area contributed by atoms with Crippen LogP contribution in [0.1, 0.15) is 37.8 Å². The van der Waals surface area contributed by atoms with Crippen LogP contribution in [0.3, 0.4) is 0 Å². The van der Waals surface area contributed by atoms with E-state index in [-0.39, 0.29) is 49.7 Å². The summed E-state index contributed by atoms with van der Waals surface area (Å²) >= 11 is 0. The first kappa shape index (κ1) is 35.9. The van der Waals surface area contributed by atoms with Crippen molar-refractivity contribution in [1.82, 2.24) is 34.6 Å². The monoisotopic (exact) mass is 692 g/mol. The number of nitrogens with zero attached hydrogens (tertiary/aromatic N) is 4. The average molecular weight is 693 g/mol. The Balaban J connectivity index is 1.41. The number of hydrogen-bond acceptors (Lipinski definition) is 10. The largest absolute Gasteiger partial charge is 0.465 e. The number of fused-ring (bicyclic) bond motifs is 1. The number of ether oxygens (including phenoxy) is 2. The van der Waals surface area contributed by atoms with Crippen LogP contribution in [0.15, 0.2) is 71.8 Å². The van der Waals surface area contributed by atoms with Crippen LogP contribution in [0.5, 0.6) is 0 Å². The highest BCUT2D eigenvalue weighted by atomic mass is 31.2. The van der Waals surface area contributed by atoms with Gasteiger partial charge >= 0.3 is 11.9 Å². The summed E-state index contributed by atoms with van der Waals surface area (Å²) in [6.07, 6.45) is 3.94. The fourth-order valence-electron chi connectivity index (χ4n) is 6.22. The van der Waals surface area contributed by atoms with E-state index in [1.807, 2.05) is 65.2 Å². The van der Waals surface area contributed by atoms with Gasteiger partial charge in [0.2, 0.25) is 13.4 Å². The lowest BCUT2D eigenvalue weighted by Crippen LogP contribution is -2.47. The predicted molar refractivity (Wildman–Crippen MR) is 187 cm³/mol. The standard InChI is InChI=1S/C34H45N8O6P/c1-3-47-32(44)27(20-24-12-7-5-8-13-24)39-49(46,40-28(33(45)48-4-2)21-25-14-9-6-10-15-25)19-18-41-17-11-16-26(41)22-42-23-36-29-30(42)37-34(35)38-31(29)43/h5-10,12-15,23,26-28H,3-4,11,16-22H2,1-2H3,(H2,39,40,46)(H3,35,37,38,43)/t26-,27+,28+/m1/s1. The minimum absolute atomic E-state index is 0.0129. The van der Waals surface area contributed by atoms with Crippen molar-refractivity contribution in [1.29, 1.82) is 0 Å². The molecule has 5 N–H and O–H groups in total. The Labute approximate surface area is 285 Å². The van der Waals surface area contributed by atoms with Crippen molar-refractivity contribution in [2.24, 2.45) is 0 Å². The summed E-state index contributed by atoms with van der Waals surface area (Å²) in [5, 5.41) is 6.31. The van der Waals surface area contributed by atoms with Crippen molar-refractivity contribution in [2.75, 3.05) is 38.2 Å². The lowest BCUT2D eigenvalue weighted by molar-refractivity contribution is -0.145. The highest BCUT2D eigenvalue weighted by molar-refractivity contribution is 7.60. The smallest absolute Gasteiger partial charge is 0.323 e. The van der Waals surface area contributed by atoms with Gasteiger partial charge in [0.1, 0.15) is 12.1 Å². The van der Waals surface area contributed by atoms with Crippen molar-refractivity contribution < 1.29 is 23.6 Å². The number of nitrogens with one attached hydrogen (secondary N) is 3. The van der Waals surface area contributed by atoms with E-state index in [9.17, 15) is 14.4 Å². The predicted octanol–water partition coefficient (Wildman–Crippen LogP) is 2.89. The SMILES string of the molecule is CCOC(=O)[C@H](Cc1ccccc1)NP(=O)(CCN1CCC[C@@H]1Cn1cnc2c(=O)[nH]c(N)nc21)N[C@@H](Cc1ccccc1)C(=O)OCC. The zero-order valence-electron chi connectivity index (χ0n) is 27.9. The van der Waals surface area contributed by atoms with Gasteiger partial charge in [0, 0.05) is 25.3 Å². The van der Waals surface area contributed by atoms with Crippen LogP contribution >= 0.6 is 7.44 Å². The van der Waals surface area contributed by atoms with Crippen LogP contribution < -0.4 is 21.5 Å². The van der Waals surface area contributed by atoms with Gasteiger partial charge in [-0.1, -0.05) is 60.7 Å². The topological polar surface area (TPSA) is 187 Å². The van der Waals surface area contributed by atoms with Crippen molar-refractivity contribution >= 4 is 36.5 Å². The molecule has 0 saturated carbocycles. The molecule has 15 heteroatoms. The van der Waals surface area contributed by atoms with Crippen LogP contribution in [-0.2, 0) is 43.0 Å². The molecule has 0 aliphatic carbocycles. The molecule has 49 heavy (non-hydrogen) atoms. The molecule has 1 aliphatic rings. The number of aromatic amines is 1. The Bertz CT molecular complexity index is 1730. The van der Waals surface area contributed by atoms with Gasteiger partial charge in [0.05, 0.1) is 19.5 Å². The van der Waals surface area contributed by atoms with Crippen LogP contribution in [0.25, 0.3) is 11.2 Å². The van der Waals surface area contributed by atoms with Crippen LogP contribution in [0, 0.1) is 0 Å². The summed E-state index contributed by atoms with van der Waals surface area (Å²) in [5.74, 6) is -1.05. The van der Waals surface area contributed by atoms with Crippen molar-refractivity contribution in [3.63, 3.8) is 0 Å². The quantitative estimate of drug-likeness (QED) is 0.0938. The molecule has 1 fully saturated rings. The lowest BCUT2D eigenvalue weighted by Gasteiger charge is -2.32. The minimum atomic E-state index is -3.70. The van der Waals surface area contributed by atoms with Gasteiger partial charge in [0.25, 0.3) is 5.56 Å². The number of hydrogen-bond donors (Lipinski definition) is 4. The highest BCUT2D eigenvalue weighted by Crippen LogP contribution is 2.39. The average Bonchev–Trinajstić information content (AvgIpc) is 3.71. The van der Waals surface area contributed by atoms with Gasteiger partial charge in [0.15, 0.2) is 11.2 Å². The number of carbonyl (C=O) groups excluding carboxylic acids is 2. The molecule has 4 aromatic rings. The maximum atomic E-state index is 15.1. The van der Waals surface area contributed by atoms with E-state index in [0.29, 0.717) is 18.7 Å². The molecule has 14 nitrogen and oxygen atoms in total. The fraction of sp³-hybridized carbons (Fsp3) is 0.441. The van der Waals surface area contributed by atoms with Crippen molar-refractivity contribution in [3.05, 3.63) is 88.5 Å². The molecule has 0 spiro atoms.